The molecule has 3 aromatic rings. The van der Waals surface area contributed by atoms with Gasteiger partial charge in [-0.15, -0.1) is 0 Å². The van der Waals surface area contributed by atoms with Crippen LogP contribution in [0.4, 0.5) is 0 Å². The Kier molecular flexibility index (Phi) is 3.17. The standard InChI is InChI=1S/C17H17BrN2O/c1-9-7-11(18)14-15(16(9)21)19-12-6-5-10(17(2,3)4)8-13(12)20-14/h5-8,21H,1-4H3. The average Bonchev–Trinajstić information content (AvgIpc) is 2.42. The van der Waals surface area contributed by atoms with Crippen LogP contribution in [0.5, 0.6) is 5.75 Å². The van der Waals surface area contributed by atoms with Crippen molar-refractivity contribution in [2.24, 2.45) is 0 Å². The van der Waals surface area contributed by atoms with Crippen molar-refractivity contribution >= 4 is 38.0 Å². The largest absolute Gasteiger partial charge is 0.505 e. The summed E-state index contributed by atoms with van der Waals surface area (Å²) in [6.45, 7) is 8.38. The van der Waals surface area contributed by atoms with E-state index in [0.29, 0.717) is 11.0 Å². The fourth-order valence-corrected chi connectivity index (χ4v) is 2.99. The molecule has 0 aliphatic carbocycles. The van der Waals surface area contributed by atoms with Crippen molar-refractivity contribution in [3.8, 4) is 5.75 Å². The molecule has 21 heavy (non-hydrogen) atoms. The van der Waals surface area contributed by atoms with Crippen LogP contribution in [-0.2, 0) is 5.41 Å². The van der Waals surface area contributed by atoms with Crippen molar-refractivity contribution in [3.05, 3.63) is 39.9 Å². The van der Waals surface area contributed by atoms with E-state index in [1.807, 2.05) is 19.1 Å². The zero-order valence-electron chi connectivity index (χ0n) is 12.5. The molecule has 0 aliphatic heterocycles. The van der Waals surface area contributed by atoms with Gasteiger partial charge in [-0.3, -0.25) is 0 Å². The van der Waals surface area contributed by atoms with E-state index in [2.05, 4.69) is 58.8 Å². The van der Waals surface area contributed by atoms with E-state index in [1.165, 1.54) is 5.56 Å². The number of phenolic OH excluding ortho intramolecular Hbond substituents is 1. The van der Waals surface area contributed by atoms with Gasteiger partial charge in [-0.25, -0.2) is 9.97 Å². The smallest absolute Gasteiger partial charge is 0.146 e. The summed E-state index contributed by atoms with van der Waals surface area (Å²) in [5.41, 5.74) is 4.94. The van der Waals surface area contributed by atoms with Crippen molar-refractivity contribution in [1.29, 1.82) is 0 Å². The van der Waals surface area contributed by atoms with Crippen LogP contribution in [0.15, 0.2) is 28.7 Å². The Balaban J connectivity index is 2.38. The number of aromatic nitrogens is 2. The number of phenols is 1. The van der Waals surface area contributed by atoms with Gasteiger partial charge in [0, 0.05) is 4.47 Å². The second-order valence-electron chi connectivity index (χ2n) is 6.40. The molecule has 1 aromatic heterocycles. The molecule has 0 saturated heterocycles. The number of aryl methyl sites for hydroxylation is 1. The molecule has 0 amide bonds. The number of aromatic hydroxyl groups is 1. The third-order valence-corrected chi connectivity index (χ3v) is 4.30. The predicted octanol–water partition coefficient (Wildman–Crippen LogP) is 4.86. The SMILES string of the molecule is Cc1cc(Br)c2nc3cc(C(C)(C)C)ccc3nc2c1O. The molecule has 0 spiro atoms. The monoisotopic (exact) mass is 344 g/mol. The van der Waals surface area contributed by atoms with E-state index in [-0.39, 0.29) is 11.2 Å². The number of halogens is 1. The second kappa shape index (κ2) is 4.67. The van der Waals surface area contributed by atoms with Gasteiger partial charge in [0.15, 0.2) is 0 Å². The van der Waals surface area contributed by atoms with Crippen LogP contribution < -0.4 is 0 Å². The molecule has 0 fully saturated rings. The first-order valence-corrected chi connectivity index (χ1v) is 7.67. The van der Waals surface area contributed by atoms with E-state index in [1.54, 1.807) is 0 Å². The van der Waals surface area contributed by atoms with Crippen molar-refractivity contribution in [2.75, 3.05) is 0 Å². The van der Waals surface area contributed by atoms with E-state index in [9.17, 15) is 5.11 Å². The van der Waals surface area contributed by atoms with Crippen LogP contribution in [0.1, 0.15) is 31.9 Å². The molecule has 4 heteroatoms. The third kappa shape index (κ3) is 2.38. The molecule has 0 atom stereocenters. The first-order valence-electron chi connectivity index (χ1n) is 6.87. The van der Waals surface area contributed by atoms with Crippen molar-refractivity contribution in [3.63, 3.8) is 0 Å². The summed E-state index contributed by atoms with van der Waals surface area (Å²) in [4.78, 5) is 9.26. The van der Waals surface area contributed by atoms with E-state index in [0.717, 1.165) is 21.1 Å². The lowest BCUT2D eigenvalue weighted by molar-refractivity contribution is 0.476. The minimum Gasteiger partial charge on any atom is -0.505 e. The van der Waals surface area contributed by atoms with Gasteiger partial charge in [-0.05, 0) is 57.6 Å². The molecule has 0 radical (unpaired) electrons. The Bertz CT molecular complexity index is 866. The zero-order chi connectivity index (χ0) is 15.4. The van der Waals surface area contributed by atoms with Crippen LogP contribution in [-0.4, -0.2) is 15.1 Å². The lowest BCUT2D eigenvalue weighted by Gasteiger charge is -2.19. The van der Waals surface area contributed by atoms with Crippen molar-refractivity contribution in [1.82, 2.24) is 9.97 Å². The van der Waals surface area contributed by atoms with Crippen LogP contribution >= 0.6 is 15.9 Å². The number of fused-ring (bicyclic) bond motifs is 2. The molecule has 0 aliphatic rings. The van der Waals surface area contributed by atoms with Crippen LogP contribution in [0.25, 0.3) is 22.1 Å². The van der Waals surface area contributed by atoms with Crippen LogP contribution in [0, 0.1) is 6.92 Å². The van der Waals surface area contributed by atoms with Gasteiger partial charge in [0.2, 0.25) is 0 Å². The summed E-state index contributed by atoms with van der Waals surface area (Å²) in [5, 5.41) is 10.2. The summed E-state index contributed by atoms with van der Waals surface area (Å²) in [5.74, 6) is 0.197. The summed E-state index contributed by atoms with van der Waals surface area (Å²) in [6, 6.07) is 7.99. The number of rotatable bonds is 0. The molecular weight excluding hydrogens is 328 g/mol. The third-order valence-electron chi connectivity index (χ3n) is 3.70. The second-order valence-corrected chi connectivity index (χ2v) is 7.25. The van der Waals surface area contributed by atoms with E-state index in [4.69, 9.17) is 0 Å². The normalized spacial score (nSPS) is 12.2. The highest BCUT2D eigenvalue weighted by atomic mass is 79.9. The van der Waals surface area contributed by atoms with Gasteiger partial charge in [-0.2, -0.15) is 0 Å². The fourth-order valence-electron chi connectivity index (χ4n) is 2.37. The van der Waals surface area contributed by atoms with Crippen molar-refractivity contribution in [2.45, 2.75) is 33.1 Å². The summed E-state index contributed by atoms with van der Waals surface area (Å²) in [7, 11) is 0. The van der Waals surface area contributed by atoms with E-state index >= 15 is 0 Å². The minimum atomic E-state index is 0.0669. The molecule has 1 N–H and O–H groups in total. The van der Waals surface area contributed by atoms with E-state index < -0.39 is 0 Å². The molecule has 3 nitrogen and oxygen atoms in total. The first-order chi connectivity index (χ1) is 9.77. The maximum absolute atomic E-state index is 10.2. The van der Waals surface area contributed by atoms with Gasteiger partial charge in [0.25, 0.3) is 0 Å². The molecule has 1 heterocycles. The molecule has 0 unspecified atom stereocenters. The fraction of sp³-hybridized carbons (Fsp3) is 0.294. The molecule has 0 saturated carbocycles. The Morgan fingerprint density at radius 2 is 1.67 bits per heavy atom. The summed E-state index contributed by atoms with van der Waals surface area (Å²) < 4.78 is 0.850. The Morgan fingerprint density at radius 3 is 2.33 bits per heavy atom. The predicted molar refractivity (Wildman–Crippen MR) is 89.8 cm³/mol. The molecule has 2 aromatic carbocycles. The van der Waals surface area contributed by atoms with Gasteiger partial charge < -0.3 is 5.11 Å². The number of nitrogens with zero attached hydrogens (tertiary/aromatic N) is 2. The van der Waals surface area contributed by atoms with Crippen molar-refractivity contribution < 1.29 is 5.11 Å². The molecule has 0 bridgehead atoms. The summed E-state index contributed by atoms with van der Waals surface area (Å²) in [6.07, 6.45) is 0. The average molecular weight is 345 g/mol. The highest BCUT2D eigenvalue weighted by Crippen LogP contribution is 2.34. The number of benzene rings is 2. The minimum absolute atomic E-state index is 0.0669. The van der Waals surface area contributed by atoms with Crippen LogP contribution in [0.2, 0.25) is 0 Å². The van der Waals surface area contributed by atoms with Gasteiger partial charge in [0.1, 0.15) is 16.8 Å². The lowest BCUT2D eigenvalue weighted by Crippen LogP contribution is -2.10. The van der Waals surface area contributed by atoms with Gasteiger partial charge in [0.05, 0.1) is 11.0 Å². The Morgan fingerprint density at radius 1 is 1.00 bits per heavy atom. The maximum atomic E-state index is 10.2. The molecular formula is C17H17BrN2O. The summed E-state index contributed by atoms with van der Waals surface area (Å²) >= 11 is 3.51. The first kappa shape index (κ1) is 14.3. The Labute approximate surface area is 132 Å². The number of hydrogen-bond acceptors (Lipinski definition) is 3. The highest BCUT2D eigenvalue weighted by Gasteiger charge is 2.16. The quantitative estimate of drug-likeness (QED) is 0.592. The van der Waals surface area contributed by atoms with Gasteiger partial charge in [-0.1, -0.05) is 26.8 Å². The lowest BCUT2D eigenvalue weighted by atomic mass is 9.87. The van der Waals surface area contributed by atoms with Gasteiger partial charge >= 0.3 is 0 Å². The highest BCUT2D eigenvalue weighted by molar-refractivity contribution is 9.10. The molecule has 108 valence electrons. The zero-order valence-corrected chi connectivity index (χ0v) is 14.1. The number of hydrogen-bond donors (Lipinski definition) is 1. The topological polar surface area (TPSA) is 46.0 Å². The molecule has 3 rings (SSSR count). The Hall–Kier alpha value is -1.68. The van der Waals surface area contributed by atoms with Crippen LogP contribution in [0.3, 0.4) is 0 Å². The maximum Gasteiger partial charge on any atom is 0.146 e.